The molecule has 1 amide bonds. The van der Waals surface area contributed by atoms with E-state index in [1.54, 1.807) is 6.07 Å². The Morgan fingerprint density at radius 2 is 2.30 bits per heavy atom. The number of carbonyl (C=O) groups excluding carboxylic acids is 1. The Kier molecular flexibility index (Phi) is 5.72. The molecule has 0 saturated carbocycles. The van der Waals surface area contributed by atoms with Gasteiger partial charge in [-0.15, -0.1) is 11.3 Å². The monoisotopic (exact) mass is 328 g/mol. The summed E-state index contributed by atoms with van der Waals surface area (Å²) in [6, 6.07) is 9.47. The Hall–Kier alpha value is -2.85. The molecule has 2 aromatic rings. The molecular formula is C16H16N4O2S. The second-order valence-corrected chi connectivity index (χ2v) is 5.62. The molecular weight excluding hydrogens is 312 g/mol. The minimum absolute atomic E-state index is 0.122. The van der Waals surface area contributed by atoms with Gasteiger partial charge >= 0.3 is 0 Å². The Morgan fingerprint density at radius 3 is 2.96 bits per heavy atom. The zero-order chi connectivity index (χ0) is 16.7. The van der Waals surface area contributed by atoms with Crippen LogP contribution in [0.2, 0.25) is 0 Å². The van der Waals surface area contributed by atoms with Crippen LogP contribution in [0.4, 0.5) is 0 Å². The van der Waals surface area contributed by atoms with Gasteiger partial charge in [-0.05, 0) is 31.5 Å². The van der Waals surface area contributed by atoms with E-state index in [0.717, 1.165) is 11.3 Å². The van der Waals surface area contributed by atoms with Crippen LogP contribution in [0.5, 0.6) is 5.75 Å². The third-order valence-corrected chi connectivity index (χ3v) is 3.75. The molecule has 0 aliphatic heterocycles. The number of rotatable bonds is 6. The van der Waals surface area contributed by atoms with Crippen LogP contribution in [0.3, 0.4) is 0 Å². The van der Waals surface area contributed by atoms with E-state index in [1.165, 1.54) is 17.5 Å². The number of aryl methyl sites for hydroxylation is 2. The van der Waals surface area contributed by atoms with Gasteiger partial charge in [0.1, 0.15) is 22.4 Å². The van der Waals surface area contributed by atoms with Gasteiger partial charge in [-0.1, -0.05) is 12.1 Å². The number of hydrogen-bond acceptors (Lipinski definition) is 6. The highest BCUT2D eigenvalue weighted by atomic mass is 32.1. The first-order chi connectivity index (χ1) is 11.1. The highest BCUT2D eigenvalue weighted by molar-refractivity contribution is 7.10. The number of aromatic nitrogens is 1. The molecule has 0 aliphatic carbocycles. The van der Waals surface area contributed by atoms with Gasteiger partial charge in [0, 0.05) is 17.3 Å². The lowest BCUT2D eigenvalue weighted by atomic mass is 10.2. The van der Waals surface area contributed by atoms with E-state index >= 15 is 0 Å². The van der Waals surface area contributed by atoms with E-state index in [4.69, 9.17) is 10.00 Å². The van der Waals surface area contributed by atoms with Crippen molar-refractivity contribution in [2.75, 3.05) is 6.61 Å². The number of nitriles is 1. The fourth-order valence-electron chi connectivity index (χ4n) is 1.70. The van der Waals surface area contributed by atoms with E-state index in [9.17, 15) is 4.79 Å². The average Bonchev–Trinajstić information content (AvgIpc) is 2.96. The molecule has 0 unspecified atom stereocenters. The van der Waals surface area contributed by atoms with Crippen molar-refractivity contribution in [1.82, 2.24) is 15.8 Å². The summed E-state index contributed by atoms with van der Waals surface area (Å²) in [6.45, 7) is 3.68. The number of allylic oxidation sites excluding steroid dienone is 1. The smallest absolute Gasteiger partial charge is 0.276 e. The summed E-state index contributed by atoms with van der Waals surface area (Å²) in [5.74, 6) is 0.280. The van der Waals surface area contributed by atoms with Crippen LogP contribution in [0.1, 0.15) is 16.3 Å². The predicted molar refractivity (Wildman–Crippen MR) is 88.4 cm³/mol. The minimum Gasteiger partial charge on any atom is -0.484 e. The molecule has 2 N–H and O–H groups in total. The van der Waals surface area contributed by atoms with Crippen LogP contribution in [0, 0.1) is 25.2 Å². The second-order valence-electron chi connectivity index (χ2n) is 4.76. The van der Waals surface area contributed by atoms with Gasteiger partial charge in [0.2, 0.25) is 0 Å². The second kappa shape index (κ2) is 7.96. The molecule has 0 atom stereocenters. The van der Waals surface area contributed by atoms with Crippen molar-refractivity contribution in [2.45, 2.75) is 13.8 Å². The third kappa shape index (κ3) is 5.13. The number of ether oxygens (including phenoxy) is 1. The molecule has 118 valence electrons. The number of hydrazine groups is 1. The lowest BCUT2D eigenvalue weighted by molar-refractivity contribution is -0.123. The molecule has 2 rings (SSSR count). The number of nitrogens with zero attached hydrogens (tertiary/aromatic N) is 2. The lowest BCUT2D eigenvalue weighted by Gasteiger charge is -2.07. The molecule has 1 aromatic heterocycles. The van der Waals surface area contributed by atoms with E-state index in [-0.39, 0.29) is 12.5 Å². The highest BCUT2D eigenvalue weighted by Gasteiger charge is 2.06. The Balaban J connectivity index is 1.82. The molecule has 0 spiro atoms. The first-order valence-electron chi connectivity index (χ1n) is 6.85. The minimum atomic E-state index is -0.352. The summed E-state index contributed by atoms with van der Waals surface area (Å²) in [5.41, 5.74) is 7.29. The Morgan fingerprint density at radius 1 is 1.48 bits per heavy atom. The van der Waals surface area contributed by atoms with Crippen molar-refractivity contribution in [3.05, 3.63) is 52.1 Å². The summed E-state index contributed by atoms with van der Waals surface area (Å²) < 4.78 is 5.37. The van der Waals surface area contributed by atoms with Crippen molar-refractivity contribution in [2.24, 2.45) is 0 Å². The van der Waals surface area contributed by atoms with Crippen LogP contribution in [-0.2, 0) is 4.79 Å². The van der Waals surface area contributed by atoms with Crippen LogP contribution in [-0.4, -0.2) is 17.5 Å². The molecule has 23 heavy (non-hydrogen) atoms. The highest BCUT2D eigenvalue weighted by Crippen LogP contribution is 2.17. The quantitative estimate of drug-likeness (QED) is 0.628. The zero-order valence-corrected chi connectivity index (χ0v) is 13.6. The summed E-state index contributed by atoms with van der Waals surface area (Å²) in [7, 11) is 0. The summed E-state index contributed by atoms with van der Waals surface area (Å²) in [4.78, 5) is 15.9. The topological polar surface area (TPSA) is 87.0 Å². The molecule has 6 nitrogen and oxygen atoms in total. The van der Waals surface area contributed by atoms with Crippen molar-refractivity contribution in [3.63, 3.8) is 0 Å². The maximum Gasteiger partial charge on any atom is 0.276 e. The molecule has 0 aliphatic rings. The van der Waals surface area contributed by atoms with Gasteiger partial charge in [0.25, 0.3) is 5.91 Å². The fourth-order valence-corrected chi connectivity index (χ4v) is 2.46. The fraction of sp³-hybridized carbons (Fsp3) is 0.188. The summed E-state index contributed by atoms with van der Waals surface area (Å²) in [5, 5.41) is 11.6. The van der Waals surface area contributed by atoms with E-state index in [2.05, 4.69) is 15.8 Å². The van der Waals surface area contributed by atoms with Gasteiger partial charge in [-0.3, -0.25) is 10.2 Å². The van der Waals surface area contributed by atoms with E-state index in [0.29, 0.717) is 16.3 Å². The number of amides is 1. The largest absolute Gasteiger partial charge is 0.484 e. The van der Waals surface area contributed by atoms with Crippen molar-refractivity contribution in [3.8, 4) is 11.8 Å². The van der Waals surface area contributed by atoms with Crippen LogP contribution in [0.15, 0.2) is 35.8 Å². The standard InChI is InChI=1S/C16H16N4O2S/c1-11-4-3-5-14(6-11)22-9-15(21)20-18-8-13(7-17)16-19-12(2)10-23-16/h3-6,8,10,18H,9H2,1-2H3,(H,20,21)/b13-8+. The van der Waals surface area contributed by atoms with Crippen LogP contribution >= 0.6 is 11.3 Å². The molecule has 0 fully saturated rings. The molecule has 0 saturated heterocycles. The van der Waals surface area contributed by atoms with Gasteiger partial charge in [-0.2, -0.15) is 5.26 Å². The normalized spacial score (nSPS) is 10.7. The maximum atomic E-state index is 11.7. The lowest BCUT2D eigenvalue weighted by Crippen LogP contribution is -2.37. The van der Waals surface area contributed by atoms with Crippen molar-refractivity contribution < 1.29 is 9.53 Å². The van der Waals surface area contributed by atoms with Gasteiger partial charge in [0.05, 0.1) is 0 Å². The number of hydrogen-bond donors (Lipinski definition) is 2. The number of benzene rings is 1. The van der Waals surface area contributed by atoms with Crippen molar-refractivity contribution in [1.29, 1.82) is 5.26 Å². The molecule has 0 bridgehead atoms. The van der Waals surface area contributed by atoms with Crippen molar-refractivity contribution >= 4 is 22.8 Å². The van der Waals surface area contributed by atoms with E-state index in [1.807, 2.05) is 43.5 Å². The Bertz CT molecular complexity index is 761. The first kappa shape index (κ1) is 16.5. The van der Waals surface area contributed by atoms with Gasteiger partial charge < -0.3 is 10.2 Å². The molecule has 1 aromatic carbocycles. The number of nitrogens with one attached hydrogen (secondary N) is 2. The van der Waals surface area contributed by atoms with Crippen LogP contribution < -0.4 is 15.6 Å². The van der Waals surface area contributed by atoms with Gasteiger partial charge in [-0.25, -0.2) is 4.98 Å². The summed E-state index contributed by atoms with van der Waals surface area (Å²) in [6.07, 6.45) is 1.41. The number of carbonyl (C=O) groups is 1. The first-order valence-corrected chi connectivity index (χ1v) is 7.73. The molecule has 7 heteroatoms. The van der Waals surface area contributed by atoms with Crippen LogP contribution in [0.25, 0.3) is 5.57 Å². The third-order valence-electron chi connectivity index (χ3n) is 2.76. The van der Waals surface area contributed by atoms with E-state index < -0.39 is 0 Å². The Labute approximate surface area is 138 Å². The maximum absolute atomic E-state index is 11.7. The zero-order valence-electron chi connectivity index (χ0n) is 12.8. The molecule has 0 radical (unpaired) electrons. The average molecular weight is 328 g/mol. The predicted octanol–water partition coefficient (Wildman–Crippen LogP) is 2.32. The van der Waals surface area contributed by atoms with Gasteiger partial charge in [0.15, 0.2) is 6.61 Å². The molecule has 1 heterocycles. The summed E-state index contributed by atoms with van der Waals surface area (Å²) >= 11 is 1.37. The number of thiazole rings is 1. The SMILES string of the molecule is Cc1cccc(OCC(=O)NN/C=C(\C#N)c2nc(C)cs2)c1.